The zero-order valence-corrected chi connectivity index (χ0v) is 17.3. The first-order valence-electron chi connectivity index (χ1n) is 9.04. The van der Waals surface area contributed by atoms with Gasteiger partial charge in [0.15, 0.2) is 0 Å². The zero-order chi connectivity index (χ0) is 20.0. The van der Waals surface area contributed by atoms with Crippen molar-refractivity contribution in [2.24, 2.45) is 5.41 Å². The third kappa shape index (κ3) is 3.86. The quantitative estimate of drug-likeness (QED) is 0.866. The monoisotopic (exact) mass is 386 g/mol. The van der Waals surface area contributed by atoms with Crippen molar-refractivity contribution in [3.05, 3.63) is 53.1 Å². The number of hydrogen-bond acceptors (Lipinski definition) is 3. The van der Waals surface area contributed by atoms with Crippen LogP contribution in [0.3, 0.4) is 0 Å². The molecule has 0 aromatic heterocycles. The van der Waals surface area contributed by atoms with Gasteiger partial charge in [-0.05, 0) is 55.2 Å². The Balaban J connectivity index is 1.94. The number of fused-ring (bicyclic) bond motifs is 1. The molecule has 1 aliphatic heterocycles. The van der Waals surface area contributed by atoms with Gasteiger partial charge in [0, 0.05) is 17.6 Å². The van der Waals surface area contributed by atoms with Gasteiger partial charge < -0.3 is 4.90 Å². The first kappa shape index (κ1) is 19.4. The topological polar surface area (TPSA) is 66.5 Å². The Kier molecular flexibility index (Phi) is 4.80. The normalized spacial score (nSPS) is 14.2. The molecule has 1 heterocycles. The Hall–Kier alpha value is -2.34. The summed E-state index contributed by atoms with van der Waals surface area (Å²) >= 11 is 0. The van der Waals surface area contributed by atoms with Crippen molar-refractivity contribution < 1.29 is 13.2 Å². The fourth-order valence-electron chi connectivity index (χ4n) is 3.27. The smallest absolute Gasteiger partial charge is 0.262 e. The van der Waals surface area contributed by atoms with Crippen molar-refractivity contribution in [3.63, 3.8) is 0 Å². The number of benzene rings is 2. The third-order valence-corrected chi connectivity index (χ3v) is 6.28. The van der Waals surface area contributed by atoms with Crippen molar-refractivity contribution in [3.8, 4) is 0 Å². The lowest BCUT2D eigenvalue weighted by Crippen LogP contribution is -2.38. The molecule has 0 radical (unpaired) electrons. The predicted molar refractivity (Wildman–Crippen MR) is 109 cm³/mol. The minimum atomic E-state index is -3.70. The van der Waals surface area contributed by atoms with E-state index in [0.717, 1.165) is 23.2 Å². The van der Waals surface area contributed by atoms with Crippen LogP contribution in [0.4, 0.5) is 11.4 Å². The van der Waals surface area contributed by atoms with Gasteiger partial charge in [-0.25, -0.2) is 8.42 Å². The number of nitrogens with one attached hydrogen (secondary N) is 1. The molecule has 5 nitrogen and oxygen atoms in total. The van der Waals surface area contributed by atoms with E-state index in [-0.39, 0.29) is 10.8 Å². The van der Waals surface area contributed by atoms with E-state index < -0.39 is 15.4 Å². The predicted octanol–water partition coefficient (Wildman–Crippen LogP) is 4.04. The maximum Gasteiger partial charge on any atom is 0.262 e. The van der Waals surface area contributed by atoms with Crippen LogP contribution < -0.4 is 9.62 Å². The van der Waals surface area contributed by atoms with E-state index in [0.29, 0.717) is 17.8 Å². The molecular formula is C21H26N2O3S. The van der Waals surface area contributed by atoms with Gasteiger partial charge >= 0.3 is 0 Å². The second kappa shape index (κ2) is 6.68. The molecule has 0 saturated heterocycles. The van der Waals surface area contributed by atoms with E-state index in [4.69, 9.17) is 0 Å². The van der Waals surface area contributed by atoms with Crippen molar-refractivity contribution in [1.82, 2.24) is 0 Å². The molecule has 0 bridgehead atoms. The summed E-state index contributed by atoms with van der Waals surface area (Å²) in [7, 11) is -3.70. The molecule has 144 valence electrons. The maximum absolute atomic E-state index is 12.9. The van der Waals surface area contributed by atoms with Crippen LogP contribution in [0.25, 0.3) is 0 Å². The summed E-state index contributed by atoms with van der Waals surface area (Å²) in [5.74, 6) is 0.0378. The van der Waals surface area contributed by atoms with Crippen molar-refractivity contribution >= 4 is 27.3 Å². The largest absolute Gasteiger partial charge is 0.311 e. The molecule has 1 amide bonds. The number of carbonyl (C=O) groups excluding carboxylic acids is 1. The molecule has 27 heavy (non-hydrogen) atoms. The SMILES string of the molecule is Cc1ccc(C)c(S(=O)(=O)Nc2ccc3c(c2)N(C(=O)C(C)(C)C)CC3)c1. The number of rotatable bonds is 3. The number of sulfonamides is 1. The van der Waals surface area contributed by atoms with Gasteiger partial charge in [0.25, 0.3) is 10.0 Å². The molecule has 0 atom stereocenters. The van der Waals surface area contributed by atoms with Crippen molar-refractivity contribution in [2.45, 2.75) is 45.9 Å². The molecule has 6 heteroatoms. The van der Waals surface area contributed by atoms with Crippen LogP contribution in [0, 0.1) is 19.3 Å². The van der Waals surface area contributed by atoms with Crippen LogP contribution in [0.1, 0.15) is 37.5 Å². The average molecular weight is 387 g/mol. The Morgan fingerprint density at radius 1 is 1.07 bits per heavy atom. The highest BCUT2D eigenvalue weighted by Gasteiger charge is 2.32. The lowest BCUT2D eigenvalue weighted by atomic mass is 9.94. The molecule has 0 unspecified atom stereocenters. The molecule has 2 aromatic carbocycles. The molecule has 0 spiro atoms. The maximum atomic E-state index is 12.9. The Labute approximate surface area is 161 Å². The Bertz CT molecular complexity index is 1000. The Morgan fingerprint density at radius 2 is 1.78 bits per heavy atom. The number of anilines is 2. The van der Waals surface area contributed by atoms with Gasteiger partial charge in [0.2, 0.25) is 5.91 Å². The summed E-state index contributed by atoms with van der Waals surface area (Å²) in [5, 5.41) is 0. The fourth-order valence-corrected chi connectivity index (χ4v) is 4.65. The number of carbonyl (C=O) groups is 1. The van der Waals surface area contributed by atoms with E-state index in [9.17, 15) is 13.2 Å². The summed E-state index contributed by atoms with van der Waals surface area (Å²) in [4.78, 5) is 14.7. The summed E-state index contributed by atoms with van der Waals surface area (Å²) in [6.07, 6.45) is 0.779. The average Bonchev–Trinajstić information content (AvgIpc) is 2.98. The standard InChI is InChI=1S/C21H26N2O3S/c1-14-6-7-15(2)19(12-14)27(25,26)22-17-9-8-16-10-11-23(18(16)13-17)20(24)21(3,4)5/h6-9,12-13,22H,10-11H2,1-5H3. The van der Waals surface area contributed by atoms with Crippen molar-refractivity contribution in [2.75, 3.05) is 16.2 Å². The highest BCUT2D eigenvalue weighted by molar-refractivity contribution is 7.92. The highest BCUT2D eigenvalue weighted by Crippen LogP contribution is 2.34. The van der Waals surface area contributed by atoms with Crippen LogP contribution >= 0.6 is 0 Å². The van der Waals surface area contributed by atoms with Crippen LogP contribution in [-0.2, 0) is 21.2 Å². The van der Waals surface area contributed by atoms with Crippen LogP contribution in [0.2, 0.25) is 0 Å². The van der Waals surface area contributed by atoms with E-state index in [1.54, 1.807) is 36.1 Å². The number of nitrogens with zero attached hydrogens (tertiary/aromatic N) is 1. The van der Waals surface area contributed by atoms with E-state index in [2.05, 4.69) is 4.72 Å². The van der Waals surface area contributed by atoms with Crippen LogP contribution in [0.15, 0.2) is 41.3 Å². The lowest BCUT2D eigenvalue weighted by Gasteiger charge is -2.26. The first-order chi connectivity index (χ1) is 12.5. The number of hydrogen-bond donors (Lipinski definition) is 1. The fraction of sp³-hybridized carbons (Fsp3) is 0.381. The van der Waals surface area contributed by atoms with E-state index in [1.807, 2.05) is 39.8 Å². The minimum absolute atomic E-state index is 0.0378. The van der Waals surface area contributed by atoms with Gasteiger partial charge in [-0.1, -0.05) is 39.0 Å². The molecule has 3 rings (SSSR count). The van der Waals surface area contributed by atoms with Gasteiger partial charge in [-0.3, -0.25) is 9.52 Å². The molecule has 0 aliphatic carbocycles. The second-order valence-electron chi connectivity index (χ2n) is 8.17. The molecule has 1 N–H and O–H groups in total. The summed E-state index contributed by atoms with van der Waals surface area (Å²) in [6, 6.07) is 10.8. The molecule has 2 aromatic rings. The third-order valence-electron chi connectivity index (χ3n) is 4.75. The van der Waals surface area contributed by atoms with Gasteiger partial charge in [0.1, 0.15) is 0 Å². The Morgan fingerprint density at radius 3 is 2.44 bits per heavy atom. The van der Waals surface area contributed by atoms with E-state index in [1.165, 1.54) is 0 Å². The van der Waals surface area contributed by atoms with Crippen LogP contribution in [0.5, 0.6) is 0 Å². The van der Waals surface area contributed by atoms with Crippen molar-refractivity contribution in [1.29, 1.82) is 0 Å². The van der Waals surface area contributed by atoms with Gasteiger partial charge in [-0.15, -0.1) is 0 Å². The first-order valence-corrected chi connectivity index (χ1v) is 10.5. The van der Waals surface area contributed by atoms with Crippen LogP contribution in [-0.4, -0.2) is 20.9 Å². The highest BCUT2D eigenvalue weighted by atomic mass is 32.2. The summed E-state index contributed by atoms with van der Waals surface area (Å²) < 4.78 is 28.4. The molecule has 0 fully saturated rings. The zero-order valence-electron chi connectivity index (χ0n) is 16.5. The summed E-state index contributed by atoms with van der Waals surface area (Å²) in [5.41, 5.74) is 3.40. The minimum Gasteiger partial charge on any atom is -0.311 e. The lowest BCUT2D eigenvalue weighted by molar-refractivity contribution is -0.125. The van der Waals surface area contributed by atoms with Gasteiger partial charge in [0.05, 0.1) is 10.6 Å². The number of aryl methyl sites for hydroxylation is 2. The van der Waals surface area contributed by atoms with Gasteiger partial charge in [-0.2, -0.15) is 0 Å². The summed E-state index contributed by atoms with van der Waals surface area (Å²) in [6.45, 7) is 9.93. The van der Waals surface area contributed by atoms with E-state index >= 15 is 0 Å². The molecule has 0 saturated carbocycles. The molecule has 1 aliphatic rings. The number of amides is 1. The second-order valence-corrected chi connectivity index (χ2v) is 9.83. The molecular weight excluding hydrogens is 360 g/mol.